The van der Waals surface area contributed by atoms with Crippen molar-refractivity contribution in [2.24, 2.45) is 0 Å². The second-order valence-electron chi connectivity index (χ2n) is 4.53. The third-order valence-corrected chi connectivity index (χ3v) is 2.94. The molecule has 0 radical (unpaired) electrons. The quantitative estimate of drug-likeness (QED) is 0.872. The van der Waals surface area contributed by atoms with E-state index in [2.05, 4.69) is 27.9 Å². The first-order valence-electron chi connectivity index (χ1n) is 6.85. The summed E-state index contributed by atoms with van der Waals surface area (Å²) < 4.78 is 5.31. The zero-order chi connectivity index (χ0) is 14.4. The predicted molar refractivity (Wildman–Crippen MR) is 78.2 cm³/mol. The summed E-state index contributed by atoms with van der Waals surface area (Å²) >= 11 is 0. The highest BCUT2D eigenvalue weighted by Crippen LogP contribution is 2.10. The first kappa shape index (κ1) is 14.4. The van der Waals surface area contributed by atoms with Crippen LogP contribution in [0.15, 0.2) is 24.4 Å². The summed E-state index contributed by atoms with van der Waals surface area (Å²) in [7, 11) is 0. The summed E-state index contributed by atoms with van der Waals surface area (Å²) in [6.07, 6.45) is 3.54. The van der Waals surface area contributed by atoms with Gasteiger partial charge in [-0.25, -0.2) is 9.97 Å². The van der Waals surface area contributed by atoms with Crippen molar-refractivity contribution >= 4 is 5.82 Å². The van der Waals surface area contributed by atoms with Gasteiger partial charge in [-0.05, 0) is 25.0 Å². The number of nitrogen functional groups attached to an aromatic ring is 1. The number of nitrogens with zero attached hydrogens (tertiary/aromatic N) is 3. The van der Waals surface area contributed by atoms with Gasteiger partial charge in [0.15, 0.2) is 5.82 Å². The van der Waals surface area contributed by atoms with E-state index in [9.17, 15) is 0 Å². The van der Waals surface area contributed by atoms with Crippen LogP contribution in [-0.2, 0) is 24.2 Å². The highest BCUT2D eigenvalue weighted by molar-refractivity contribution is 5.31. The van der Waals surface area contributed by atoms with Gasteiger partial charge in [0.2, 0.25) is 0 Å². The fourth-order valence-electron chi connectivity index (χ4n) is 1.88. The van der Waals surface area contributed by atoms with Crippen LogP contribution in [0.4, 0.5) is 5.82 Å². The third-order valence-electron chi connectivity index (χ3n) is 2.94. The Bertz CT molecular complexity index is 554. The Balaban J connectivity index is 2.12. The summed E-state index contributed by atoms with van der Waals surface area (Å²) in [5.74, 6) is 1.09. The molecule has 0 aliphatic rings. The van der Waals surface area contributed by atoms with Gasteiger partial charge in [0.1, 0.15) is 12.4 Å². The van der Waals surface area contributed by atoms with Crippen molar-refractivity contribution in [1.29, 1.82) is 0 Å². The van der Waals surface area contributed by atoms with E-state index in [1.165, 1.54) is 5.56 Å². The lowest BCUT2D eigenvalue weighted by atomic mass is 10.1. The molecule has 2 N–H and O–H groups in total. The molecule has 2 aromatic heterocycles. The Morgan fingerprint density at radius 1 is 1.15 bits per heavy atom. The minimum absolute atomic E-state index is 0.386. The highest BCUT2D eigenvalue weighted by Gasteiger charge is 2.05. The van der Waals surface area contributed by atoms with E-state index in [1.807, 2.05) is 19.2 Å². The van der Waals surface area contributed by atoms with E-state index in [4.69, 9.17) is 10.5 Å². The molecule has 2 rings (SSSR count). The molecular weight excluding hydrogens is 252 g/mol. The van der Waals surface area contributed by atoms with Gasteiger partial charge < -0.3 is 10.5 Å². The maximum Gasteiger partial charge on any atom is 0.156 e. The van der Waals surface area contributed by atoms with Gasteiger partial charge in [0.05, 0.1) is 5.69 Å². The molecule has 20 heavy (non-hydrogen) atoms. The van der Waals surface area contributed by atoms with E-state index in [-0.39, 0.29) is 0 Å². The average Bonchev–Trinajstić information content (AvgIpc) is 2.45. The normalized spacial score (nSPS) is 10.7. The molecule has 0 bridgehead atoms. The van der Waals surface area contributed by atoms with Gasteiger partial charge in [-0.2, -0.15) is 0 Å². The molecular formula is C15H20N4O. The standard InChI is InChI=1S/C15H20N4O/c1-3-11-5-6-12(17-9-11)7-13-8-14(16)19-15(18-13)10-20-4-2/h5-6,8-9H,3-4,7,10H2,1-2H3,(H2,16,18,19). The van der Waals surface area contributed by atoms with E-state index < -0.39 is 0 Å². The van der Waals surface area contributed by atoms with Crippen molar-refractivity contribution in [2.75, 3.05) is 12.3 Å². The SMILES string of the molecule is CCOCc1nc(N)cc(Cc2ccc(CC)cn2)n1. The van der Waals surface area contributed by atoms with Crippen LogP contribution >= 0.6 is 0 Å². The Morgan fingerprint density at radius 2 is 2.00 bits per heavy atom. The fourth-order valence-corrected chi connectivity index (χ4v) is 1.88. The number of pyridine rings is 1. The van der Waals surface area contributed by atoms with Gasteiger partial charge in [-0.1, -0.05) is 13.0 Å². The lowest BCUT2D eigenvalue weighted by Crippen LogP contribution is -2.06. The molecule has 0 fully saturated rings. The van der Waals surface area contributed by atoms with Crippen LogP contribution < -0.4 is 5.73 Å². The Morgan fingerprint density at radius 3 is 2.65 bits per heavy atom. The molecule has 5 nitrogen and oxygen atoms in total. The number of anilines is 1. The minimum Gasteiger partial charge on any atom is -0.384 e. The summed E-state index contributed by atoms with van der Waals surface area (Å²) in [4.78, 5) is 13.0. The molecule has 0 aromatic carbocycles. The molecule has 0 aliphatic heterocycles. The van der Waals surface area contributed by atoms with E-state index in [1.54, 1.807) is 6.07 Å². The van der Waals surface area contributed by atoms with Crippen molar-refractivity contribution in [1.82, 2.24) is 15.0 Å². The number of nitrogens with two attached hydrogens (primary N) is 1. The topological polar surface area (TPSA) is 73.9 Å². The number of ether oxygens (including phenoxy) is 1. The molecule has 106 valence electrons. The summed E-state index contributed by atoms with van der Waals surface area (Å²) in [6.45, 7) is 5.07. The monoisotopic (exact) mass is 272 g/mol. The van der Waals surface area contributed by atoms with Crippen LogP contribution in [-0.4, -0.2) is 21.6 Å². The first-order valence-corrected chi connectivity index (χ1v) is 6.85. The fraction of sp³-hybridized carbons (Fsp3) is 0.400. The highest BCUT2D eigenvalue weighted by atomic mass is 16.5. The van der Waals surface area contributed by atoms with Crippen molar-refractivity contribution in [3.63, 3.8) is 0 Å². The van der Waals surface area contributed by atoms with Crippen LogP contribution in [0.25, 0.3) is 0 Å². The van der Waals surface area contributed by atoms with E-state index in [0.717, 1.165) is 17.8 Å². The summed E-state index contributed by atoms with van der Waals surface area (Å²) in [6, 6.07) is 5.90. The van der Waals surface area contributed by atoms with Crippen molar-refractivity contribution in [3.05, 3.63) is 47.2 Å². The Kier molecular flexibility index (Phi) is 5.01. The largest absolute Gasteiger partial charge is 0.384 e. The Hall–Kier alpha value is -2.01. The van der Waals surface area contributed by atoms with E-state index in [0.29, 0.717) is 31.3 Å². The molecule has 2 heterocycles. The van der Waals surface area contributed by atoms with Gasteiger partial charge in [0.25, 0.3) is 0 Å². The molecule has 2 aromatic rings. The van der Waals surface area contributed by atoms with E-state index >= 15 is 0 Å². The van der Waals surface area contributed by atoms with Gasteiger partial charge in [-0.3, -0.25) is 4.98 Å². The zero-order valence-electron chi connectivity index (χ0n) is 12.0. The lowest BCUT2D eigenvalue weighted by Gasteiger charge is -2.06. The number of rotatable bonds is 6. The molecule has 0 atom stereocenters. The maximum atomic E-state index is 5.80. The first-order chi connectivity index (χ1) is 9.71. The third kappa shape index (κ3) is 3.99. The van der Waals surface area contributed by atoms with Crippen molar-refractivity contribution < 1.29 is 4.74 Å². The second-order valence-corrected chi connectivity index (χ2v) is 4.53. The average molecular weight is 272 g/mol. The second kappa shape index (κ2) is 6.96. The smallest absolute Gasteiger partial charge is 0.156 e. The molecule has 5 heteroatoms. The van der Waals surface area contributed by atoms with Crippen LogP contribution in [0, 0.1) is 0 Å². The van der Waals surface area contributed by atoms with Crippen molar-refractivity contribution in [3.8, 4) is 0 Å². The molecule has 0 aliphatic carbocycles. The minimum atomic E-state index is 0.386. The number of hydrogen-bond donors (Lipinski definition) is 1. The van der Waals surface area contributed by atoms with Crippen molar-refractivity contribution in [2.45, 2.75) is 33.3 Å². The number of aryl methyl sites for hydroxylation is 1. The number of aromatic nitrogens is 3. The molecule has 0 amide bonds. The van der Waals surface area contributed by atoms with Crippen LogP contribution in [0.1, 0.15) is 36.6 Å². The molecule has 0 saturated carbocycles. The number of hydrogen-bond acceptors (Lipinski definition) is 5. The van der Waals surface area contributed by atoms with Crippen LogP contribution in [0.3, 0.4) is 0 Å². The van der Waals surface area contributed by atoms with Gasteiger partial charge in [-0.15, -0.1) is 0 Å². The Labute approximate surface area is 119 Å². The van der Waals surface area contributed by atoms with Crippen LogP contribution in [0.2, 0.25) is 0 Å². The summed E-state index contributed by atoms with van der Waals surface area (Å²) in [5.41, 5.74) is 8.87. The lowest BCUT2D eigenvalue weighted by molar-refractivity contribution is 0.128. The maximum absolute atomic E-state index is 5.80. The van der Waals surface area contributed by atoms with Gasteiger partial charge in [0, 0.05) is 31.0 Å². The molecule has 0 spiro atoms. The molecule has 0 saturated heterocycles. The zero-order valence-corrected chi connectivity index (χ0v) is 12.0. The summed E-state index contributed by atoms with van der Waals surface area (Å²) in [5, 5.41) is 0. The van der Waals surface area contributed by atoms with Crippen LogP contribution in [0.5, 0.6) is 0 Å². The van der Waals surface area contributed by atoms with Gasteiger partial charge >= 0.3 is 0 Å². The predicted octanol–water partition coefficient (Wildman–Crippen LogP) is 2.14. The molecule has 0 unspecified atom stereocenters.